The molecule has 4 aromatic heterocycles. The second-order valence-electron chi connectivity index (χ2n) is 7.53. The Morgan fingerprint density at radius 3 is 1.60 bits per heavy atom. The molecule has 0 fully saturated rings. The number of carbonyl (C=O) groups excluding carboxylic acids is 1. The molecule has 0 atom stereocenters. The number of ether oxygens (including phenoxy) is 3. The minimum absolute atomic E-state index is 0.280. The van der Waals surface area contributed by atoms with E-state index < -0.39 is 5.97 Å². The molecule has 0 aromatic carbocycles. The van der Waals surface area contributed by atoms with E-state index in [2.05, 4.69) is 9.97 Å². The van der Waals surface area contributed by atoms with Gasteiger partial charge >= 0.3 is 11.9 Å². The SMILES string of the molecule is COC(=O)c1sc2c(OC)ccnc2c1N(C)C.COc1ccnc2c(N(C)C)c(C(=O)O)sc12. The van der Waals surface area contributed by atoms with Crippen LogP contribution in [-0.2, 0) is 4.74 Å². The van der Waals surface area contributed by atoms with Crippen molar-refractivity contribution in [3.8, 4) is 11.5 Å². The fourth-order valence-corrected chi connectivity index (χ4v) is 5.85. The molecule has 0 spiro atoms. The van der Waals surface area contributed by atoms with E-state index in [1.54, 1.807) is 57.7 Å². The van der Waals surface area contributed by atoms with E-state index in [-0.39, 0.29) is 10.8 Å². The summed E-state index contributed by atoms with van der Waals surface area (Å²) in [4.78, 5) is 36.0. The average Bonchev–Trinajstić information content (AvgIpc) is 3.43. The van der Waals surface area contributed by atoms with Gasteiger partial charge in [0.15, 0.2) is 0 Å². The molecule has 1 N–H and O–H groups in total. The Labute approximate surface area is 210 Å². The number of carbonyl (C=O) groups is 2. The summed E-state index contributed by atoms with van der Waals surface area (Å²) in [5, 5.41) is 9.19. The van der Waals surface area contributed by atoms with Crippen LogP contribution < -0.4 is 19.3 Å². The van der Waals surface area contributed by atoms with Gasteiger partial charge in [-0.15, -0.1) is 22.7 Å². The summed E-state index contributed by atoms with van der Waals surface area (Å²) >= 11 is 2.52. The molecule has 10 nitrogen and oxygen atoms in total. The van der Waals surface area contributed by atoms with Crippen molar-refractivity contribution in [2.24, 2.45) is 0 Å². The highest BCUT2D eigenvalue weighted by Gasteiger charge is 2.24. The van der Waals surface area contributed by atoms with Crippen LogP contribution in [0.4, 0.5) is 11.4 Å². The Balaban J connectivity index is 0.000000196. The lowest BCUT2D eigenvalue weighted by Gasteiger charge is -2.12. The van der Waals surface area contributed by atoms with Gasteiger partial charge in [0.25, 0.3) is 0 Å². The topological polar surface area (TPSA) is 114 Å². The minimum atomic E-state index is -0.946. The van der Waals surface area contributed by atoms with E-state index >= 15 is 0 Å². The van der Waals surface area contributed by atoms with Crippen molar-refractivity contribution in [3.63, 3.8) is 0 Å². The van der Waals surface area contributed by atoms with Gasteiger partial charge in [-0.1, -0.05) is 0 Å². The number of hydrogen-bond donors (Lipinski definition) is 1. The number of rotatable bonds is 6. The highest BCUT2D eigenvalue weighted by atomic mass is 32.1. The van der Waals surface area contributed by atoms with Gasteiger partial charge in [0.2, 0.25) is 0 Å². The van der Waals surface area contributed by atoms with Gasteiger partial charge in [-0.25, -0.2) is 9.59 Å². The van der Waals surface area contributed by atoms with E-state index in [0.717, 1.165) is 20.6 Å². The molecule has 0 aliphatic heterocycles. The molecule has 0 aliphatic carbocycles. The summed E-state index contributed by atoms with van der Waals surface area (Å²) in [6.45, 7) is 0. The first-order valence-corrected chi connectivity index (χ1v) is 11.9. The van der Waals surface area contributed by atoms with Gasteiger partial charge in [-0.2, -0.15) is 0 Å². The van der Waals surface area contributed by atoms with Crippen molar-refractivity contribution in [1.82, 2.24) is 9.97 Å². The largest absolute Gasteiger partial charge is 0.495 e. The molecule has 0 amide bonds. The maximum Gasteiger partial charge on any atom is 0.350 e. The summed E-state index contributed by atoms with van der Waals surface area (Å²) in [7, 11) is 11.9. The molecule has 0 bridgehead atoms. The standard InChI is InChI=1S/C12H14N2O3S.C11H12N2O3S/c1-14(2)9-8-10(7(16-3)5-6-13-8)18-11(9)12(15)17-4;1-13(2)8-7-9(17-10(8)11(14)15)6(16-3)4-5-12-7/h5-6H,1-4H3;4-5H,1-3H3,(H,14,15). The van der Waals surface area contributed by atoms with Crippen LogP contribution in [0.5, 0.6) is 11.5 Å². The number of hydrogen-bond acceptors (Lipinski definition) is 11. The Hall–Kier alpha value is -3.64. The summed E-state index contributed by atoms with van der Waals surface area (Å²) in [5.41, 5.74) is 2.80. The monoisotopic (exact) mass is 518 g/mol. The molecule has 12 heteroatoms. The van der Waals surface area contributed by atoms with Crippen LogP contribution in [-0.4, -0.2) is 76.5 Å². The predicted octanol–water partition coefficient (Wildman–Crippen LogP) is 4.23. The van der Waals surface area contributed by atoms with Crippen LogP contribution in [0.1, 0.15) is 19.3 Å². The number of aromatic nitrogens is 2. The average molecular weight is 519 g/mol. The highest BCUT2D eigenvalue weighted by Crippen LogP contribution is 2.41. The quantitative estimate of drug-likeness (QED) is 0.372. The Kier molecular flexibility index (Phi) is 7.97. The van der Waals surface area contributed by atoms with E-state index in [4.69, 9.17) is 14.2 Å². The number of pyridine rings is 2. The van der Waals surface area contributed by atoms with E-state index in [0.29, 0.717) is 27.6 Å². The van der Waals surface area contributed by atoms with Gasteiger partial charge in [0, 0.05) is 40.6 Å². The van der Waals surface area contributed by atoms with Gasteiger partial charge in [0.1, 0.15) is 32.3 Å². The summed E-state index contributed by atoms with van der Waals surface area (Å²) < 4.78 is 16.9. The van der Waals surface area contributed by atoms with Gasteiger partial charge < -0.3 is 29.1 Å². The summed E-state index contributed by atoms with van der Waals surface area (Å²) in [5.74, 6) is 0.0568. The van der Waals surface area contributed by atoms with E-state index in [1.165, 1.54) is 29.8 Å². The van der Waals surface area contributed by atoms with Crippen LogP contribution in [0, 0.1) is 0 Å². The van der Waals surface area contributed by atoms with Crippen molar-refractivity contribution in [3.05, 3.63) is 34.3 Å². The molecular formula is C23H26N4O6S2. The summed E-state index contributed by atoms with van der Waals surface area (Å²) in [6.07, 6.45) is 3.29. The molecule has 186 valence electrons. The van der Waals surface area contributed by atoms with Gasteiger partial charge in [-0.3, -0.25) is 9.97 Å². The normalized spacial score (nSPS) is 10.5. The summed E-state index contributed by atoms with van der Waals surface area (Å²) in [6, 6.07) is 3.50. The maximum absolute atomic E-state index is 11.8. The number of esters is 1. The molecule has 4 aromatic rings. The van der Waals surface area contributed by atoms with Gasteiger partial charge in [-0.05, 0) is 12.1 Å². The van der Waals surface area contributed by atoms with Crippen molar-refractivity contribution in [2.45, 2.75) is 0 Å². The van der Waals surface area contributed by atoms with Crippen LogP contribution in [0.15, 0.2) is 24.5 Å². The lowest BCUT2D eigenvalue weighted by molar-refractivity contribution is 0.0606. The molecule has 0 aliphatic rings. The predicted molar refractivity (Wildman–Crippen MR) is 139 cm³/mol. The van der Waals surface area contributed by atoms with Crippen molar-refractivity contribution in [1.29, 1.82) is 0 Å². The molecule has 0 saturated heterocycles. The smallest absolute Gasteiger partial charge is 0.350 e. The molecule has 35 heavy (non-hydrogen) atoms. The lowest BCUT2D eigenvalue weighted by atomic mass is 10.3. The molecule has 0 radical (unpaired) electrons. The number of methoxy groups -OCH3 is 3. The Morgan fingerprint density at radius 2 is 1.23 bits per heavy atom. The zero-order valence-corrected chi connectivity index (χ0v) is 22.0. The number of thiophene rings is 2. The second kappa shape index (κ2) is 10.7. The van der Waals surface area contributed by atoms with Crippen molar-refractivity contribution in [2.75, 3.05) is 59.3 Å². The number of aromatic carboxylic acids is 1. The van der Waals surface area contributed by atoms with Crippen molar-refractivity contribution < 1.29 is 28.9 Å². The first-order valence-electron chi connectivity index (χ1n) is 10.2. The van der Waals surface area contributed by atoms with Crippen LogP contribution in [0.3, 0.4) is 0 Å². The number of fused-ring (bicyclic) bond motifs is 2. The molecule has 0 unspecified atom stereocenters. The van der Waals surface area contributed by atoms with Gasteiger partial charge in [0.05, 0.1) is 42.1 Å². The molecular weight excluding hydrogens is 492 g/mol. The number of carboxylic acids is 1. The molecule has 0 saturated carbocycles. The van der Waals surface area contributed by atoms with E-state index in [1.807, 2.05) is 19.0 Å². The van der Waals surface area contributed by atoms with Crippen LogP contribution in [0.2, 0.25) is 0 Å². The first kappa shape index (κ1) is 26.0. The third-order valence-electron chi connectivity index (χ3n) is 4.92. The molecule has 4 heterocycles. The van der Waals surface area contributed by atoms with E-state index in [9.17, 15) is 14.7 Å². The zero-order chi connectivity index (χ0) is 25.9. The zero-order valence-electron chi connectivity index (χ0n) is 20.4. The Bertz CT molecular complexity index is 1380. The number of carboxylic acid groups (broad SMARTS) is 1. The first-order chi connectivity index (χ1) is 16.7. The fraction of sp³-hybridized carbons (Fsp3) is 0.304. The van der Waals surface area contributed by atoms with Crippen LogP contribution >= 0.6 is 22.7 Å². The lowest BCUT2D eigenvalue weighted by Crippen LogP contribution is -2.13. The highest BCUT2D eigenvalue weighted by molar-refractivity contribution is 7.22. The number of nitrogens with zero attached hydrogens (tertiary/aromatic N) is 4. The maximum atomic E-state index is 11.8. The fourth-order valence-electron chi connectivity index (χ4n) is 3.44. The Morgan fingerprint density at radius 1 is 0.800 bits per heavy atom. The van der Waals surface area contributed by atoms with Crippen LogP contribution in [0.25, 0.3) is 20.4 Å². The second-order valence-corrected chi connectivity index (χ2v) is 9.57. The molecule has 4 rings (SSSR count). The third kappa shape index (κ3) is 4.93. The van der Waals surface area contributed by atoms with Crippen molar-refractivity contribution >= 4 is 66.4 Å². The minimum Gasteiger partial charge on any atom is -0.495 e. The third-order valence-corrected chi connectivity index (χ3v) is 7.26. The number of anilines is 2.